The van der Waals surface area contributed by atoms with Crippen LogP contribution in [-0.2, 0) is 16.0 Å². The number of aryl methyl sites for hydroxylation is 1. The number of alkyl halides is 2. The standard InChI is InChI=1S/C19H31F2N3O3/c1-4-22-19(23-9-5-6-10-26-12-11-25-3)24-14-16-13-15(2)7-8-17(16)27-18(20)21/h7-8,13,18H,4-6,9-12,14H2,1-3H3,(H2,22,23,24). The highest BCUT2D eigenvalue weighted by Crippen LogP contribution is 2.22. The molecule has 0 unspecified atom stereocenters. The van der Waals surface area contributed by atoms with Crippen LogP contribution in [0.5, 0.6) is 5.75 Å². The van der Waals surface area contributed by atoms with Crippen LogP contribution in [0.25, 0.3) is 0 Å². The van der Waals surface area contributed by atoms with Gasteiger partial charge in [0.1, 0.15) is 5.75 Å². The fourth-order valence-corrected chi connectivity index (χ4v) is 2.33. The summed E-state index contributed by atoms with van der Waals surface area (Å²) in [7, 11) is 1.65. The van der Waals surface area contributed by atoms with E-state index in [4.69, 9.17) is 9.47 Å². The minimum Gasteiger partial charge on any atom is -0.434 e. The zero-order valence-electron chi connectivity index (χ0n) is 16.4. The number of nitrogens with zero attached hydrogens (tertiary/aromatic N) is 1. The summed E-state index contributed by atoms with van der Waals surface area (Å²) >= 11 is 0. The van der Waals surface area contributed by atoms with E-state index in [9.17, 15) is 8.78 Å². The Balaban J connectivity index is 2.50. The third-order valence-electron chi connectivity index (χ3n) is 3.62. The highest BCUT2D eigenvalue weighted by molar-refractivity contribution is 5.79. The van der Waals surface area contributed by atoms with Gasteiger partial charge in [-0.25, -0.2) is 4.99 Å². The number of guanidine groups is 1. The van der Waals surface area contributed by atoms with Gasteiger partial charge < -0.3 is 24.8 Å². The SMILES string of the molecule is CCNC(=NCc1cc(C)ccc1OC(F)F)NCCCCOCCOC. The Labute approximate surface area is 160 Å². The quantitative estimate of drug-likeness (QED) is 0.309. The summed E-state index contributed by atoms with van der Waals surface area (Å²) in [4.78, 5) is 4.47. The van der Waals surface area contributed by atoms with Crippen molar-refractivity contribution in [2.75, 3.05) is 40.0 Å². The predicted octanol–water partition coefficient (Wildman–Crippen LogP) is 3.09. The first-order valence-electron chi connectivity index (χ1n) is 9.20. The summed E-state index contributed by atoms with van der Waals surface area (Å²) in [6, 6.07) is 5.10. The molecule has 0 aromatic heterocycles. The van der Waals surface area contributed by atoms with Crippen LogP contribution in [0, 0.1) is 6.92 Å². The minimum absolute atomic E-state index is 0.156. The highest BCUT2D eigenvalue weighted by Gasteiger charge is 2.10. The molecule has 0 aliphatic heterocycles. The summed E-state index contributed by atoms with van der Waals surface area (Å²) in [5.41, 5.74) is 1.59. The molecule has 8 heteroatoms. The molecule has 1 aromatic carbocycles. The normalized spacial score (nSPS) is 11.7. The van der Waals surface area contributed by atoms with Gasteiger partial charge in [-0.05, 0) is 32.8 Å². The van der Waals surface area contributed by atoms with Gasteiger partial charge in [0.25, 0.3) is 0 Å². The van der Waals surface area contributed by atoms with E-state index in [2.05, 4.69) is 20.4 Å². The number of aliphatic imine (C=N–C) groups is 1. The Morgan fingerprint density at radius 1 is 1.15 bits per heavy atom. The molecule has 0 aliphatic carbocycles. The first-order valence-corrected chi connectivity index (χ1v) is 9.20. The number of hydrogen-bond donors (Lipinski definition) is 2. The number of benzene rings is 1. The van der Waals surface area contributed by atoms with E-state index < -0.39 is 6.61 Å². The van der Waals surface area contributed by atoms with Gasteiger partial charge in [-0.2, -0.15) is 8.78 Å². The number of methoxy groups -OCH3 is 1. The van der Waals surface area contributed by atoms with Gasteiger partial charge in [0.05, 0.1) is 19.8 Å². The Morgan fingerprint density at radius 2 is 1.96 bits per heavy atom. The first kappa shape index (κ1) is 23.1. The second-order valence-corrected chi connectivity index (χ2v) is 5.92. The maximum Gasteiger partial charge on any atom is 0.387 e. The molecule has 1 rings (SSSR count). The predicted molar refractivity (Wildman–Crippen MR) is 103 cm³/mol. The van der Waals surface area contributed by atoms with Crippen LogP contribution >= 0.6 is 0 Å². The lowest BCUT2D eigenvalue weighted by atomic mass is 10.1. The monoisotopic (exact) mass is 387 g/mol. The van der Waals surface area contributed by atoms with Crippen LogP contribution in [0.3, 0.4) is 0 Å². The average Bonchev–Trinajstić information content (AvgIpc) is 2.63. The number of unbranched alkanes of at least 4 members (excludes halogenated alkanes) is 1. The summed E-state index contributed by atoms with van der Waals surface area (Å²) in [6.07, 6.45) is 1.86. The molecular formula is C19H31F2N3O3. The van der Waals surface area contributed by atoms with Crippen molar-refractivity contribution in [2.24, 2.45) is 4.99 Å². The molecule has 0 fully saturated rings. The third-order valence-corrected chi connectivity index (χ3v) is 3.62. The van der Waals surface area contributed by atoms with Crippen molar-refractivity contribution in [3.05, 3.63) is 29.3 Å². The zero-order valence-corrected chi connectivity index (χ0v) is 16.4. The highest BCUT2D eigenvalue weighted by atomic mass is 19.3. The molecule has 2 N–H and O–H groups in total. The van der Waals surface area contributed by atoms with Crippen molar-refractivity contribution in [3.8, 4) is 5.75 Å². The fraction of sp³-hybridized carbons (Fsp3) is 0.632. The van der Waals surface area contributed by atoms with Gasteiger partial charge >= 0.3 is 6.61 Å². The van der Waals surface area contributed by atoms with Crippen LogP contribution in [0.15, 0.2) is 23.2 Å². The molecule has 1 aromatic rings. The minimum atomic E-state index is -2.85. The summed E-state index contributed by atoms with van der Waals surface area (Å²) < 4.78 is 40.0. The van der Waals surface area contributed by atoms with Crippen LogP contribution in [0.4, 0.5) is 8.78 Å². The zero-order chi connectivity index (χ0) is 19.9. The number of ether oxygens (including phenoxy) is 3. The molecule has 0 saturated carbocycles. The fourth-order valence-electron chi connectivity index (χ4n) is 2.33. The van der Waals surface area contributed by atoms with Crippen molar-refractivity contribution in [2.45, 2.75) is 39.8 Å². The summed E-state index contributed by atoms with van der Waals surface area (Å²) in [5.74, 6) is 0.797. The van der Waals surface area contributed by atoms with Gasteiger partial charge in [0.2, 0.25) is 0 Å². The first-order chi connectivity index (χ1) is 13.1. The van der Waals surface area contributed by atoms with Crippen molar-refractivity contribution < 1.29 is 23.0 Å². The number of rotatable bonds is 13. The molecule has 154 valence electrons. The van der Waals surface area contributed by atoms with Gasteiger partial charge in [0, 0.05) is 32.4 Å². The molecule has 0 aliphatic rings. The molecule has 0 heterocycles. The molecule has 27 heavy (non-hydrogen) atoms. The van der Waals surface area contributed by atoms with Gasteiger partial charge in [0.15, 0.2) is 5.96 Å². The topological polar surface area (TPSA) is 64.1 Å². The Bertz CT molecular complexity index is 557. The molecule has 6 nitrogen and oxygen atoms in total. The molecule has 0 bridgehead atoms. The van der Waals surface area contributed by atoms with E-state index in [1.54, 1.807) is 19.2 Å². The number of hydrogen-bond acceptors (Lipinski definition) is 4. The Kier molecular flexibility index (Phi) is 12.1. The molecule has 0 atom stereocenters. The Morgan fingerprint density at radius 3 is 2.67 bits per heavy atom. The molecular weight excluding hydrogens is 356 g/mol. The maximum absolute atomic E-state index is 12.6. The van der Waals surface area contributed by atoms with E-state index in [1.165, 1.54) is 0 Å². The number of halogens is 2. The maximum atomic E-state index is 12.6. The van der Waals surface area contributed by atoms with Crippen molar-refractivity contribution >= 4 is 5.96 Å². The van der Waals surface area contributed by atoms with Crippen molar-refractivity contribution in [3.63, 3.8) is 0 Å². The molecule has 0 amide bonds. The second kappa shape index (κ2) is 14.2. The van der Waals surface area contributed by atoms with E-state index in [-0.39, 0.29) is 12.3 Å². The van der Waals surface area contributed by atoms with Gasteiger partial charge in [-0.1, -0.05) is 17.7 Å². The summed E-state index contributed by atoms with van der Waals surface area (Å²) in [5, 5.41) is 6.39. The lowest BCUT2D eigenvalue weighted by Crippen LogP contribution is -2.37. The van der Waals surface area contributed by atoms with E-state index >= 15 is 0 Å². The number of nitrogens with one attached hydrogen (secondary N) is 2. The molecule has 0 saturated heterocycles. The van der Waals surface area contributed by atoms with E-state index in [0.717, 1.165) is 24.9 Å². The molecule has 0 radical (unpaired) electrons. The third kappa shape index (κ3) is 10.7. The van der Waals surface area contributed by atoms with Crippen LogP contribution in [0.1, 0.15) is 30.9 Å². The van der Waals surface area contributed by atoms with Crippen molar-refractivity contribution in [1.82, 2.24) is 10.6 Å². The second-order valence-electron chi connectivity index (χ2n) is 5.92. The lowest BCUT2D eigenvalue weighted by molar-refractivity contribution is -0.0504. The Hall–Kier alpha value is -1.93. The average molecular weight is 387 g/mol. The largest absolute Gasteiger partial charge is 0.434 e. The summed E-state index contributed by atoms with van der Waals surface area (Å²) in [6.45, 7) is 4.62. The van der Waals surface area contributed by atoms with Crippen LogP contribution in [0.2, 0.25) is 0 Å². The van der Waals surface area contributed by atoms with Crippen molar-refractivity contribution in [1.29, 1.82) is 0 Å². The van der Waals surface area contributed by atoms with Gasteiger partial charge in [-0.3, -0.25) is 0 Å². The molecule has 0 spiro atoms. The lowest BCUT2D eigenvalue weighted by Gasteiger charge is -2.13. The smallest absolute Gasteiger partial charge is 0.387 e. The van der Waals surface area contributed by atoms with Crippen LogP contribution < -0.4 is 15.4 Å². The van der Waals surface area contributed by atoms with Gasteiger partial charge in [-0.15, -0.1) is 0 Å². The van der Waals surface area contributed by atoms with E-state index in [0.29, 0.717) is 37.9 Å². The van der Waals surface area contributed by atoms with Crippen LogP contribution in [-0.4, -0.2) is 52.6 Å². The van der Waals surface area contributed by atoms with E-state index in [1.807, 2.05) is 19.9 Å².